The second-order valence-electron chi connectivity index (χ2n) is 6.38. The van der Waals surface area contributed by atoms with Crippen LogP contribution in [-0.4, -0.2) is 25.4 Å². The molecule has 0 aliphatic rings. The number of carbonyl (C=O) groups excluding carboxylic acids is 1. The molecule has 28 heavy (non-hydrogen) atoms. The Balaban J connectivity index is 1.43. The van der Waals surface area contributed by atoms with Crippen LogP contribution in [0.25, 0.3) is 11.1 Å². The largest absolute Gasteiger partial charge is 0.419 e. The Bertz CT molecular complexity index is 1130. The highest BCUT2D eigenvalue weighted by Gasteiger charge is 2.09. The van der Waals surface area contributed by atoms with Gasteiger partial charge in [-0.25, -0.2) is 18.4 Å². The van der Waals surface area contributed by atoms with Gasteiger partial charge in [0.25, 0.3) is 0 Å². The third kappa shape index (κ3) is 4.87. The number of hydrogen-bond acceptors (Lipinski definition) is 5. The van der Waals surface area contributed by atoms with Crippen molar-refractivity contribution in [2.24, 2.45) is 5.14 Å². The Kier molecular flexibility index (Phi) is 5.96. The van der Waals surface area contributed by atoms with E-state index < -0.39 is 15.8 Å². The highest BCUT2D eigenvalue weighted by Crippen LogP contribution is 2.12. The molecule has 0 aliphatic carbocycles. The van der Waals surface area contributed by atoms with Crippen molar-refractivity contribution < 1.29 is 17.6 Å². The number of nitrogens with one attached hydrogen (secondary N) is 1. The van der Waals surface area contributed by atoms with E-state index in [1.807, 2.05) is 12.1 Å². The van der Waals surface area contributed by atoms with E-state index in [0.717, 1.165) is 11.1 Å². The molecule has 9 heteroatoms. The lowest BCUT2D eigenvalue weighted by atomic mass is 10.1. The fraction of sp³-hybridized carbons (Fsp3) is 0.263. The molecule has 1 amide bonds. The summed E-state index contributed by atoms with van der Waals surface area (Å²) in [7, 11) is -3.70. The molecule has 0 atom stereocenters. The maximum atomic E-state index is 12.0. The molecular formula is C19H21N3O5S. The SMILES string of the molecule is NS(=O)(=O)c1ccc(CCNC(=O)CCCn2c(=O)oc3ccccc32)cc1. The Morgan fingerprint density at radius 3 is 2.54 bits per heavy atom. The van der Waals surface area contributed by atoms with E-state index in [1.165, 1.54) is 16.7 Å². The number of benzene rings is 2. The maximum Gasteiger partial charge on any atom is 0.419 e. The summed E-state index contributed by atoms with van der Waals surface area (Å²) in [5.41, 5.74) is 2.14. The Labute approximate surface area is 162 Å². The van der Waals surface area contributed by atoms with Crippen LogP contribution in [0.3, 0.4) is 0 Å². The molecule has 8 nitrogen and oxygen atoms in total. The first-order valence-electron chi connectivity index (χ1n) is 8.81. The number of amides is 1. The number of carbonyl (C=O) groups is 1. The molecule has 2 aromatic carbocycles. The number of aryl methyl sites for hydroxylation is 1. The average Bonchev–Trinajstić information content (AvgIpc) is 2.97. The predicted molar refractivity (Wildman–Crippen MR) is 104 cm³/mol. The van der Waals surface area contributed by atoms with E-state index in [1.54, 1.807) is 24.3 Å². The monoisotopic (exact) mass is 403 g/mol. The quantitative estimate of drug-likeness (QED) is 0.588. The minimum Gasteiger partial charge on any atom is -0.408 e. The molecule has 0 bridgehead atoms. The molecule has 0 fully saturated rings. The van der Waals surface area contributed by atoms with Crippen LogP contribution in [0, 0.1) is 0 Å². The Hall–Kier alpha value is -2.91. The summed E-state index contributed by atoms with van der Waals surface area (Å²) in [4.78, 5) is 23.9. The highest BCUT2D eigenvalue weighted by atomic mass is 32.2. The van der Waals surface area contributed by atoms with E-state index in [4.69, 9.17) is 9.56 Å². The van der Waals surface area contributed by atoms with Crippen LogP contribution < -0.4 is 16.2 Å². The zero-order valence-corrected chi connectivity index (χ0v) is 15.9. The number of nitrogens with zero attached hydrogens (tertiary/aromatic N) is 1. The molecule has 0 saturated heterocycles. The zero-order chi connectivity index (χ0) is 20.1. The molecule has 1 aromatic heterocycles. The van der Waals surface area contributed by atoms with Gasteiger partial charge in [-0.15, -0.1) is 0 Å². The lowest BCUT2D eigenvalue weighted by Crippen LogP contribution is -2.26. The summed E-state index contributed by atoms with van der Waals surface area (Å²) in [5, 5.41) is 7.87. The topological polar surface area (TPSA) is 124 Å². The van der Waals surface area contributed by atoms with Crippen molar-refractivity contribution >= 4 is 27.0 Å². The molecule has 0 aliphatic heterocycles. The van der Waals surface area contributed by atoms with E-state index in [2.05, 4.69) is 5.32 Å². The summed E-state index contributed by atoms with van der Waals surface area (Å²) >= 11 is 0. The number of para-hydroxylation sites is 2. The summed E-state index contributed by atoms with van der Waals surface area (Å²) in [6, 6.07) is 13.4. The van der Waals surface area contributed by atoms with Crippen molar-refractivity contribution in [1.82, 2.24) is 9.88 Å². The van der Waals surface area contributed by atoms with Crippen molar-refractivity contribution in [3.05, 3.63) is 64.6 Å². The van der Waals surface area contributed by atoms with Crippen molar-refractivity contribution in [3.63, 3.8) is 0 Å². The van der Waals surface area contributed by atoms with Gasteiger partial charge in [0.15, 0.2) is 5.58 Å². The van der Waals surface area contributed by atoms with Crippen LogP contribution in [0.15, 0.2) is 62.6 Å². The lowest BCUT2D eigenvalue weighted by molar-refractivity contribution is -0.121. The summed E-state index contributed by atoms with van der Waals surface area (Å²) in [5.74, 6) is -0.536. The molecule has 0 spiro atoms. The second-order valence-corrected chi connectivity index (χ2v) is 7.94. The zero-order valence-electron chi connectivity index (χ0n) is 15.1. The fourth-order valence-electron chi connectivity index (χ4n) is 2.90. The Morgan fingerprint density at radius 1 is 1.11 bits per heavy atom. The van der Waals surface area contributed by atoms with Gasteiger partial charge in [0.05, 0.1) is 10.4 Å². The van der Waals surface area contributed by atoms with Crippen LogP contribution in [0.4, 0.5) is 0 Å². The summed E-state index contributed by atoms with van der Waals surface area (Å²) in [6.07, 6.45) is 1.37. The number of aromatic nitrogens is 1. The normalized spacial score (nSPS) is 11.6. The van der Waals surface area contributed by atoms with Crippen LogP contribution >= 0.6 is 0 Å². The first-order valence-corrected chi connectivity index (χ1v) is 10.4. The number of hydrogen-bond donors (Lipinski definition) is 2. The van der Waals surface area contributed by atoms with E-state index in [-0.39, 0.29) is 17.2 Å². The average molecular weight is 403 g/mol. The molecule has 0 saturated carbocycles. The lowest BCUT2D eigenvalue weighted by Gasteiger charge is -2.06. The highest BCUT2D eigenvalue weighted by molar-refractivity contribution is 7.89. The second kappa shape index (κ2) is 8.41. The maximum absolute atomic E-state index is 12.0. The van der Waals surface area contributed by atoms with Gasteiger partial charge in [-0.05, 0) is 42.7 Å². The first kappa shape index (κ1) is 19.8. The summed E-state index contributed by atoms with van der Waals surface area (Å²) < 4.78 is 29.1. The van der Waals surface area contributed by atoms with Crippen molar-refractivity contribution in [2.45, 2.75) is 30.7 Å². The number of fused-ring (bicyclic) bond motifs is 1. The smallest absolute Gasteiger partial charge is 0.408 e. The minimum absolute atomic E-state index is 0.0577. The minimum atomic E-state index is -3.70. The van der Waals surface area contributed by atoms with Gasteiger partial charge >= 0.3 is 5.76 Å². The number of sulfonamides is 1. The van der Waals surface area contributed by atoms with Crippen LogP contribution in [0.2, 0.25) is 0 Å². The standard InChI is InChI=1S/C19H21N3O5S/c20-28(25,26)15-9-7-14(8-10-15)11-12-21-18(23)6-3-13-22-16-4-1-2-5-17(16)27-19(22)24/h1-2,4-5,7-10H,3,6,11-13H2,(H,21,23)(H2,20,25,26). The van der Waals surface area contributed by atoms with Crippen LogP contribution in [-0.2, 0) is 27.8 Å². The predicted octanol–water partition coefficient (Wildman–Crippen LogP) is 1.38. The van der Waals surface area contributed by atoms with Crippen molar-refractivity contribution in [1.29, 1.82) is 0 Å². The van der Waals surface area contributed by atoms with Crippen LogP contribution in [0.5, 0.6) is 0 Å². The molecule has 0 unspecified atom stereocenters. The third-order valence-corrected chi connectivity index (χ3v) is 5.28. The van der Waals surface area contributed by atoms with Crippen molar-refractivity contribution in [2.75, 3.05) is 6.54 Å². The molecule has 3 aromatic rings. The number of oxazole rings is 1. The summed E-state index contributed by atoms with van der Waals surface area (Å²) in [6.45, 7) is 0.834. The number of rotatable bonds is 8. The van der Waals surface area contributed by atoms with E-state index in [9.17, 15) is 18.0 Å². The van der Waals surface area contributed by atoms with Gasteiger partial charge in [-0.3, -0.25) is 9.36 Å². The fourth-order valence-corrected chi connectivity index (χ4v) is 3.42. The van der Waals surface area contributed by atoms with Crippen molar-refractivity contribution in [3.8, 4) is 0 Å². The Morgan fingerprint density at radius 2 is 1.82 bits per heavy atom. The van der Waals surface area contributed by atoms with E-state index >= 15 is 0 Å². The van der Waals surface area contributed by atoms with Gasteiger partial charge in [0, 0.05) is 19.5 Å². The van der Waals surface area contributed by atoms with Gasteiger partial charge in [0.2, 0.25) is 15.9 Å². The van der Waals surface area contributed by atoms with Gasteiger partial charge in [-0.2, -0.15) is 0 Å². The number of nitrogens with two attached hydrogens (primary N) is 1. The van der Waals surface area contributed by atoms with Gasteiger partial charge in [0.1, 0.15) is 0 Å². The molecular weight excluding hydrogens is 382 g/mol. The van der Waals surface area contributed by atoms with Gasteiger partial charge in [-0.1, -0.05) is 24.3 Å². The molecule has 148 valence electrons. The molecule has 0 radical (unpaired) electrons. The molecule has 3 rings (SSSR count). The third-order valence-electron chi connectivity index (χ3n) is 4.35. The van der Waals surface area contributed by atoms with Gasteiger partial charge < -0.3 is 9.73 Å². The number of primary sulfonamides is 1. The molecule has 1 heterocycles. The van der Waals surface area contributed by atoms with E-state index in [0.29, 0.717) is 31.5 Å². The first-order chi connectivity index (χ1) is 13.3. The molecule has 3 N–H and O–H groups in total. The van der Waals surface area contributed by atoms with Crippen LogP contribution in [0.1, 0.15) is 18.4 Å².